The number of benzene rings is 1. The molecule has 1 N–H and O–H groups in total. The van der Waals surface area contributed by atoms with Crippen LogP contribution in [0.1, 0.15) is 29.5 Å². The Balaban J connectivity index is 2.24. The molecule has 1 heterocycles. The minimum absolute atomic E-state index is 0.133. The molecule has 94 valence electrons. The molecule has 17 heavy (non-hydrogen) atoms. The van der Waals surface area contributed by atoms with Crippen molar-refractivity contribution in [2.24, 2.45) is 5.92 Å². The largest absolute Gasteiger partial charge is 0.316 e. The van der Waals surface area contributed by atoms with Crippen LogP contribution >= 0.6 is 15.9 Å². The van der Waals surface area contributed by atoms with Gasteiger partial charge >= 0.3 is 0 Å². The minimum Gasteiger partial charge on any atom is -0.316 e. The molecule has 1 atom stereocenters. The van der Waals surface area contributed by atoms with Crippen molar-refractivity contribution in [3.05, 3.63) is 33.0 Å². The summed E-state index contributed by atoms with van der Waals surface area (Å²) in [6.45, 7) is 6.25. The Bertz CT molecular complexity index is 385. The third-order valence-electron chi connectivity index (χ3n) is 3.75. The normalized spacial score (nSPS) is 20.6. The van der Waals surface area contributed by atoms with Crippen LogP contribution in [0.2, 0.25) is 0 Å². The molecule has 1 nitrogen and oxygen atoms in total. The maximum Gasteiger partial charge on any atom is 0.137 e. The quantitative estimate of drug-likeness (QED) is 0.877. The molecule has 0 saturated carbocycles. The molecule has 0 aromatic heterocycles. The zero-order valence-electron chi connectivity index (χ0n) is 10.4. The molecule has 1 aliphatic heterocycles. The van der Waals surface area contributed by atoms with E-state index in [-0.39, 0.29) is 5.82 Å². The van der Waals surface area contributed by atoms with Gasteiger partial charge in [-0.3, -0.25) is 0 Å². The Morgan fingerprint density at radius 1 is 1.47 bits per heavy atom. The van der Waals surface area contributed by atoms with Gasteiger partial charge in [-0.2, -0.15) is 0 Å². The summed E-state index contributed by atoms with van der Waals surface area (Å²) in [7, 11) is 0. The average molecular weight is 300 g/mol. The summed E-state index contributed by atoms with van der Waals surface area (Å²) in [5.41, 5.74) is 3.42. The predicted molar refractivity (Wildman–Crippen MR) is 72.9 cm³/mol. The molecule has 1 fully saturated rings. The molecule has 0 aliphatic carbocycles. The fourth-order valence-electron chi connectivity index (χ4n) is 2.54. The number of hydrogen-bond donors (Lipinski definition) is 1. The Hall–Kier alpha value is -0.410. The van der Waals surface area contributed by atoms with Crippen LogP contribution < -0.4 is 5.32 Å². The zero-order chi connectivity index (χ0) is 12.4. The first-order valence-corrected chi connectivity index (χ1v) is 7.03. The molecule has 0 spiro atoms. The van der Waals surface area contributed by atoms with Crippen LogP contribution in [-0.4, -0.2) is 13.1 Å². The van der Waals surface area contributed by atoms with E-state index in [0.717, 1.165) is 30.6 Å². The number of halogens is 2. The maximum absolute atomic E-state index is 13.7. The van der Waals surface area contributed by atoms with Gasteiger partial charge in [-0.25, -0.2) is 4.39 Å². The van der Waals surface area contributed by atoms with E-state index in [4.69, 9.17) is 0 Å². The predicted octanol–water partition coefficient (Wildman–Crippen LogP) is 3.75. The molecule has 1 aromatic rings. The molecule has 0 amide bonds. The topological polar surface area (TPSA) is 12.0 Å². The van der Waals surface area contributed by atoms with Gasteiger partial charge in [0, 0.05) is 0 Å². The second kappa shape index (κ2) is 5.49. The summed E-state index contributed by atoms with van der Waals surface area (Å²) >= 11 is 3.40. The van der Waals surface area contributed by atoms with Crippen LogP contribution in [0, 0.1) is 25.6 Å². The highest BCUT2D eigenvalue weighted by Gasteiger charge is 2.18. The standard InChI is InChI=1S/C14H19BrFN/c1-9-6-13(16)14(15)12(10(9)2)7-11-4-3-5-17-8-11/h6,11,17H,3-5,7-8H2,1-2H3. The van der Waals surface area contributed by atoms with E-state index in [2.05, 4.69) is 28.2 Å². The molecule has 1 unspecified atom stereocenters. The van der Waals surface area contributed by atoms with Gasteiger partial charge < -0.3 is 5.32 Å². The van der Waals surface area contributed by atoms with Gasteiger partial charge in [0.1, 0.15) is 5.82 Å². The molecular weight excluding hydrogens is 281 g/mol. The van der Waals surface area contributed by atoms with Crippen LogP contribution in [0.4, 0.5) is 4.39 Å². The lowest BCUT2D eigenvalue weighted by Gasteiger charge is -2.24. The molecule has 2 rings (SSSR count). The summed E-state index contributed by atoms with van der Waals surface area (Å²) in [5.74, 6) is 0.506. The van der Waals surface area contributed by atoms with E-state index in [1.807, 2.05) is 6.92 Å². The molecule has 3 heteroatoms. The number of nitrogens with one attached hydrogen (secondary N) is 1. The maximum atomic E-state index is 13.7. The van der Waals surface area contributed by atoms with Crippen molar-refractivity contribution < 1.29 is 4.39 Å². The van der Waals surface area contributed by atoms with Gasteiger partial charge in [0.05, 0.1) is 4.47 Å². The van der Waals surface area contributed by atoms with Gasteiger partial charge in [0.25, 0.3) is 0 Å². The van der Waals surface area contributed by atoms with Crippen molar-refractivity contribution in [3.63, 3.8) is 0 Å². The summed E-state index contributed by atoms with van der Waals surface area (Å²) in [5, 5.41) is 3.41. The van der Waals surface area contributed by atoms with Gasteiger partial charge in [0.15, 0.2) is 0 Å². The lowest BCUT2D eigenvalue weighted by Crippen LogP contribution is -2.31. The van der Waals surface area contributed by atoms with E-state index < -0.39 is 0 Å². The molecule has 0 bridgehead atoms. The first-order chi connectivity index (χ1) is 8.09. The Morgan fingerprint density at radius 3 is 2.88 bits per heavy atom. The second-order valence-electron chi connectivity index (χ2n) is 5.01. The second-order valence-corrected chi connectivity index (χ2v) is 5.80. The Kier molecular flexibility index (Phi) is 4.21. The van der Waals surface area contributed by atoms with Crippen LogP contribution in [0.25, 0.3) is 0 Å². The van der Waals surface area contributed by atoms with Crippen molar-refractivity contribution in [1.29, 1.82) is 0 Å². The molecule has 1 aromatic carbocycles. The fourth-order valence-corrected chi connectivity index (χ4v) is 3.11. The average Bonchev–Trinajstić information content (AvgIpc) is 2.33. The number of rotatable bonds is 2. The lowest BCUT2D eigenvalue weighted by molar-refractivity contribution is 0.374. The van der Waals surface area contributed by atoms with Gasteiger partial charge in [-0.15, -0.1) is 0 Å². The van der Waals surface area contributed by atoms with E-state index in [1.165, 1.54) is 18.4 Å². The SMILES string of the molecule is Cc1cc(F)c(Br)c(CC2CCCNC2)c1C. The third kappa shape index (κ3) is 2.89. The zero-order valence-corrected chi connectivity index (χ0v) is 12.0. The Labute approximate surface area is 111 Å². The first kappa shape index (κ1) is 13.0. The van der Waals surface area contributed by atoms with Crippen LogP contribution in [-0.2, 0) is 6.42 Å². The summed E-state index contributed by atoms with van der Waals surface area (Å²) in [6.07, 6.45) is 3.45. The monoisotopic (exact) mass is 299 g/mol. The van der Waals surface area contributed by atoms with Crippen molar-refractivity contribution >= 4 is 15.9 Å². The molecule has 1 aliphatic rings. The molecule has 0 radical (unpaired) electrons. The molecular formula is C14H19BrFN. The third-order valence-corrected chi connectivity index (χ3v) is 4.61. The van der Waals surface area contributed by atoms with E-state index in [9.17, 15) is 4.39 Å². The first-order valence-electron chi connectivity index (χ1n) is 6.24. The summed E-state index contributed by atoms with van der Waals surface area (Å²) in [6, 6.07) is 1.61. The van der Waals surface area contributed by atoms with Crippen LogP contribution in [0.15, 0.2) is 10.5 Å². The van der Waals surface area contributed by atoms with E-state index in [0.29, 0.717) is 10.4 Å². The number of piperidine rings is 1. The smallest absolute Gasteiger partial charge is 0.137 e. The van der Waals surface area contributed by atoms with E-state index in [1.54, 1.807) is 6.07 Å². The summed E-state index contributed by atoms with van der Waals surface area (Å²) in [4.78, 5) is 0. The number of hydrogen-bond acceptors (Lipinski definition) is 1. The van der Waals surface area contributed by atoms with Crippen molar-refractivity contribution in [1.82, 2.24) is 5.32 Å². The van der Waals surface area contributed by atoms with Crippen molar-refractivity contribution in [2.45, 2.75) is 33.1 Å². The lowest BCUT2D eigenvalue weighted by atomic mass is 9.89. The fraction of sp³-hybridized carbons (Fsp3) is 0.571. The highest BCUT2D eigenvalue weighted by molar-refractivity contribution is 9.10. The van der Waals surface area contributed by atoms with Gasteiger partial charge in [-0.05, 0) is 90.8 Å². The minimum atomic E-state index is -0.133. The summed E-state index contributed by atoms with van der Waals surface area (Å²) < 4.78 is 14.4. The highest BCUT2D eigenvalue weighted by Crippen LogP contribution is 2.30. The van der Waals surface area contributed by atoms with Gasteiger partial charge in [-0.1, -0.05) is 0 Å². The van der Waals surface area contributed by atoms with E-state index >= 15 is 0 Å². The molecule has 1 saturated heterocycles. The van der Waals surface area contributed by atoms with Crippen LogP contribution in [0.5, 0.6) is 0 Å². The highest BCUT2D eigenvalue weighted by atomic mass is 79.9. The Morgan fingerprint density at radius 2 is 2.24 bits per heavy atom. The van der Waals surface area contributed by atoms with Crippen LogP contribution in [0.3, 0.4) is 0 Å². The van der Waals surface area contributed by atoms with Crippen molar-refractivity contribution in [2.75, 3.05) is 13.1 Å². The van der Waals surface area contributed by atoms with Gasteiger partial charge in [0.2, 0.25) is 0 Å². The number of aryl methyl sites for hydroxylation is 1. The van der Waals surface area contributed by atoms with Crippen molar-refractivity contribution in [3.8, 4) is 0 Å².